The molecule has 1 heterocycles. The molecule has 2 aromatic carbocycles. The smallest absolute Gasteiger partial charge is 0.347 e. The molecule has 0 fully saturated rings. The van der Waals surface area contributed by atoms with Gasteiger partial charge >= 0.3 is 11.9 Å². The van der Waals surface area contributed by atoms with Crippen molar-refractivity contribution in [3.8, 4) is 11.8 Å². The molecule has 0 aliphatic carbocycles. The van der Waals surface area contributed by atoms with Gasteiger partial charge in [0, 0.05) is 5.39 Å². The van der Waals surface area contributed by atoms with Crippen LogP contribution in [0.5, 0.6) is 5.75 Å². The summed E-state index contributed by atoms with van der Waals surface area (Å²) >= 11 is 0. The molecule has 30 heavy (non-hydrogen) atoms. The molecule has 3 aromatic rings. The Balaban J connectivity index is 1.77. The highest BCUT2D eigenvalue weighted by Crippen LogP contribution is 2.24. The number of ether oxygens (including phenoxy) is 3. The maximum absolute atomic E-state index is 12.4. The fraction of sp³-hybridized carbons (Fsp3) is 0.217. The second-order valence-electron chi connectivity index (χ2n) is 6.57. The molecular formula is C23H20N2O5. The number of carbonyl (C=O) groups excluding carboxylic acids is 2. The highest BCUT2D eigenvalue weighted by molar-refractivity contribution is 5.98. The molecule has 0 bridgehead atoms. The van der Waals surface area contributed by atoms with Crippen LogP contribution in [0.4, 0.5) is 0 Å². The second kappa shape index (κ2) is 9.05. The first kappa shape index (κ1) is 20.8. The van der Waals surface area contributed by atoms with E-state index in [9.17, 15) is 9.59 Å². The number of fused-ring (bicyclic) bond motifs is 1. The first-order chi connectivity index (χ1) is 14.4. The summed E-state index contributed by atoms with van der Waals surface area (Å²) in [6, 6.07) is 15.8. The molecule has 1 atom stereocenters. The Morgan fingerprint density at radius 3 is 2.50 bits per heavy atom. The van der Waals surface area contributed by atoms with E-state index in [1.165, 1.54) is 7.11 Å². The number of pyridine rings is 1. The Morgan fingerprint density at radius 2 is 1.83 bits per heavy atom. The van der Waals surface area contributed by atoms with E-state index in [4.69, 9.17) is 19.5 Å². The van der Waals surface area contributed by atoms with Crippen LogP contribution in [0.1, 0.15) is 34.1 Å². The molecule has 0 aliphatic heterocycles. The first-order valence-electron chi connectivity index (χ1n) is 9.24. The highest BCUT2D eigenvalue weighted by atomic mass is 16.6. The minimum absolute atomic E-state index is 0.198. The summed E-state index contributed by atoms with van der Waals surface area (Å²) in [7, 11) is 1.29. The fourth-order valence-electron chi connectivity index (χ4n) is 3.04. The van der Waals surface area contributed by atoms with Gasteiger partial charge in [-0.1, -0.05) is 18.2 Å². The molecule has 0 radical (unpaired) electrons. The van der Waals surface area contributed by atoms with Gasteiger partial charge in [0.15, 0.2) is 6.10 Å². The predicted molar refractivity (Wildman–Crippen MR) is 109 cm³/mol. The topological polar surface area (TPSA) is 98.5 Å². The normalized spacial score (nSPS) is 11.4. The van der Waals surface area contributed by atoms with Gasteiger partial charge in [0.1, 0.15) is 12.4 Å². The van der Waals surface area contributed by atoms with E-state index in [2.05, 4.69) is 4.98 Å². The molecule has 152 valence electrons. The molecule has 3 rings (SSSR count). The number of nitrogens with zero attached hydrogens (tertiary/aromatic N) is 2. The lowest BCUT2D eigenvalue weighted by atomic mass is 10.0. The highest BCUT2D eigenvalue weighted by Gasteiger charge is 2.22. The van der Waals surface area contributed by atoms with E-state index in [0.29, 0.717) is 28.1 Å². The Labute approximate surface area is 173 Å². The van der Waals surface area contributed by atoms with Crippen LogP contribution in [0.3, 0.4) is 0 Å². The monoisotopic (exact) mass is 404 g/mol. The van der Waals surface area contributed by atoms with Crippen molar-refractivity contribution in [2.75, 3.05) is 7.11 Å². The number of esters is 2. The third kappa shape index (κ3) is 4.39. The second-order valence-corrected chi connectivity index (χ2v) is 6.57. The molecule has 0 saturated heterocycles. The van der Waals surface area contributed by atoms with Gasteiger partial charge in [0.25, 0.3) is 0 Å². The number of aryl methyl sites for hydroxylation is 1. The maximum atomic E-state index is 12.4. The number of hydrogen-bond acceptors (Lipinski definition) is 7. The molecule has 1 aromatic heterocycles. The number of methoxy groups -OCH3 is 1. The number of carbonyl (C=O) groups is 2. The zero-order valence-corrected chi connectivity index (χ0v) is 16.8. The van der Waals surface area contributed by atoms with Crippen molar-refractivity contribution < 1.29 is 23.8 Å². The van der Waals surface area contributed by atoms with Crippen molar-refractivity contribution in [1.29, 1.82) is 5.26 Å². The summed E-state index contributed by atoms with van der Waals surface area (Å²) in [5.74, 6) is -0.713. The van der Waals surface area contributed by atoms with Crippen LogP contribution < -0.4 is 4.74 Å². The van der Waals surface area contributed by atoms with Crippen LogP contribution in [0.15, 0.2) is 48.5 Å². The fourth-order valence-corrected chi connectivity index (χ4v) is 3.04. The molecule has 0 spiro atoms. The zero-order valence-electron chi connectivity index (χ0n) is 16.8. The van der Waals surface area contributed by atoms with Crippen molar-refractivity contribution >= 4 is 22.8 Å². The van der Waals surface area contributed by atoms with Gasteiger partial charge in [0.05, 0.1) is 35.5 Å². The minimum atomic E-state index is -0.888. The van der Waals surface area contributed by atoms with Gasteiger partial charge in [-0.05, 0) is 49.7 Å². The lowest BCUT2D eigenvalue weighted by molar-refractivity contribution is -0.152. The van der Waals surface area contributed by atoms with Crippen molar-refractivity contribution in [2.45, 2.75) is 26.6 Å². The summed E-state index contributed by atoms with van der Waals surface area (Å²) in [5.41, 5.74) is 2.49. The molecule has 0 aliphatic rings. The van der Waals surface area contributed by atoms with Gasteiger partial charge in [0.2, 0.25) is 0 Å². The number of nitriles is 1. The Hall–Kier alpha value is -3.92. The number of aromatic nitrogens is 1. The molecule has 0 unspecified atom stereocenters. The maximum Gasteiger partial charge on any atom is 0.347 e. The van der Waals surface area contributed by atoms with E-state index in [0.717, 1.165) is 5.39 Å². The SMILES string of the molecule is COC(=O)c1c(COC(=O)[C@@H](C)Oc2ccc(C#N)cc2)nc2ccccc2c1C. The Morgan fingerprint density at radius 1 is 1.13 bits per heavy atom. The van der Waals surface area contributed by atoms with E-state index in [1.54, 1.807) is 38.1 Å². The van der Waals surface area contributed by atoms with Gasteiger partial charge in [-0.2, -0.15) is 5.26 Å². The lowest BCUT2D eigenvalue weighted by Gasteiger charge is -2.16. The summed E-state index contributed by atoms with van der Waals surface area (Å²) in [5, 5.41) is 9.66. The van der Waals surface area contributed by atoms with E-state index in [-0.39, 0.29) is 12.2 Å². The predicted octanol–water partition coefficient (Wildman–Crippen LogP) is 3.71. The number of rotatable bonds is 6. The van der Waals surface area contributed by atoms with Crippen LogP contribution in [-0.2, 0) is 20.9 Å². The average molecular weight is 404 g/mol. The Bertz CT molecular complexity index is 1130. The number of para-hydroxylation sites is 1. The van der Waals surface area contributed by atoms with Crippen molar-refractivity contribution in [1.82, 2.24) is 4.98 Å². The van der Waals surface area contributed by atoms with Crippen LogP contribution in [0, 0.1) is 18.3 Å². The molecule has 7 heteroatoms. The summed E-state index contributed by atoms with van der Waals surface area (Å²) in [6.45, 7) is 3.16. The third-order valence-corrected chi connectivity index (χ3v) is 4.60. The van der Waals surface area contributed by atoms with Gasteiger partial charge in [-0.3, -0.25) is 0 Å². The largest absolute Gasteiger partial charge is 0.479 e. The van der Waals surface area contributed by atoms with Crippen molar-refractivity contribution in [3.63, 3.8) is 0 Å². The molecule has 7 nitrogen and oxygen atoms in total. The molecule has 0 N–H and O–H groups in total. The third-order valence-electron chi connectivity index (χ3n) is 4.60. The van der Waals surface area contributed by atoms with Gasteiger partial charge in [-0.25, -0.2) is 14.6 Å². The van der Waals surface area contributed by atoms with Crippen molar-refractivity contribution in [2.24, 2.45) is 0 Å². The lowest BCUT2D eigenvalue weighted by Crippen LogP contribution is -2.26. The minimum Gasteiger partial charge on any atom is -0.479 e. The summed E-state index contributed by atoms with van der Waals surface area (Å²) in [4.78, 5) is 29.2. The first-order valence-corrected chi connectivity index (χ1v) is 9.24. The van der Waals surface area contributed by atoms with Crippen LogP contribution in [-0.4, -0.2) is 30.1 Å². The quantitative estimate of drug-likeness (QED) is 0.578. The summed E-state index contributed by atoms with van der Waals surface area (Å²) < 4.78 is 15.8. The number of hydrogen-bond donors (Lipinski definition) is 0. The van der Waals surface area contributed by atoms with Gasteiger partial charge in [-0.15, -0.1) is 0 Å². The average Bonchev–Trinajstić information content (AvgIpc) is 2.77. The summed E-state index contributed by atoms with van der Waals surface area (Å²) in [6.07, 6.45) is -0.888. The van der Waals surface area contributed by atoms with Crippen LogP contribution >= 0.6 is 0 Å². The molecule has 0 saturated carbocycles. The van der Waals surface area contributed by atoms with Crippen LogP contribution in [0.2, 0.25) is 0 Å². The number of benzene rings is 2. The zero-order chi connectivity index (χ0) is 21.7. The van der Waals surface area contributed by atoms with Gasteiger partial charge < -0.3 is 14.2 Å². The van der Waals surface area contributed by atoms with E-state index in [1.807, 2.05) is 30.3 Å². The van der Waals surface area contributed by atoms with Crippen molar-refractivity contribution in [3.05, 3.63) is 70.9 Å². The molecule has 0 amide bonds. The standard InChI is InChI=1S/C23H20N2O5/c1-14-18-6-4-5-7-19(18)25-20(21(14)23(27)28-3)13-29-22(26)15(2)30-17-10-8-16(12-24)9-11-17/h4-11,15H,13H2,1-3H3/t15-/m1/s1. The molecular weight excluding hydrogens is 384 g/mol. The van der Waals surface area contributed by atoms with E-state index < -0.39 is 18.0 Å². The Kier molecular flexibility index (Phi) is 6.28. The van der Waals surface area contributed by atoms with Crippen LogP contribution in [0.25, 0.3) is 10.9 Å². The van der Waals surface area contributed by atoms with E-state index >= 15 is 0 Å².